The Morgan fingerprint density at radius 3 is 2.55 bits per heavy atom. The van der Waals surface area contributed by atoms with E-state index in [1.54, 1.807) is 0 Å². The lowest BCUT2D eigenvalue weighted by Crippen LogP contribution is -2.04. The van der Waals surface area contributed by atoms with Gasteiger partial charge in [-0.3, -0.25) is 4.79 Å². The van der Waals surface area contributed by atoms with Crippen LogP contribution in [0.25, 0.3) is 22.6 Å². The van der Waals surface area contributed by atoms with Gasteiger partial charge in [-0.2, -0.15) is 0 Å². The van der Waals surface area contributed by atoms with Crippen molar-refractivity contribution in [3.8, 4) is 39.9 Å². The van der Waals surface area contributed by atoms with Crippen molar-refractivity contribution in [2.75, 3.05) is 0 Å². The predicted octanol–water partition coefficient (Wildman–Crippen LogP) is 2.53. The zero-order chi connectivity index (χ0) is 19.5. The summed E-state index contributed by atoms with van der Waals surface area (Å²) in [6.07, 6.45) is 0. The number of hydrogen-bond acceptors (Lipinski definition) is 5. The third-order valence-corrected chi connectivity index (χ3v) is 2.50. The van der Waals surface area contributed by atoms with Gasteiger partial charge in [-0.1, -0.05) is 0 Å². The molecule has 0 saturated heterocycles. The molecular formula is C15H10O5. The van der Waals surface area contributed by atoms with Gasteiger partial charge in [-0.15, -0.1) is 0 Å². The normalized spacial score (nSPS) is 15.0. The highest BCUT2D eigenvalue weighted by molar-refractivity contribution is 5.72. The zero-order valence-corrected chi connectivity index (χ0v) is 9.74. The third-order valence-electron chi connectivity index (χ3n) is 2.50. The van der Waals surface area contributed by atoms with Gasteiger partial charge in [0.05, 0.1) is 8.22 Å². The minimum absolute atomic E-state index is 0.304. The minimum Gasteiger partial charge on any atom is -0.508 e. The third kappa shape index (κ3) is 1.95. The summed E-state index contributed by atoms with van der Waals surface area (Å²) >= 11 is 0. The lowest BCUT2D eigenvalue weighted by Gasteiger charge is -2.10. The molecule has 3 rings (SSSR count). The molecule has 0 bridgehead atoms. The standard InChI is InChI=1S/C15H10O5/c16-9-3-1-8(2-4-9)13-7-12(19)15-11(18)5-10(17)6-14(15)20-13/h1-7,16-17,19H/i1D,3D,4D,5D,6D,7D. The summed E-state index contributed by atoms with van der Waals surface area (Å²) in [7, 11) is 0. The molecule has 0 saturated carbocycles. The van der Waals surface area contributed by atoms with E-state index >= 15 is 0 Å². The highest BCUT2D eigenvalue weighted by atomic mass is 16.3. The quantitative estimate of drug-likeness (QED) is 0.635. The van der Waals surface area contributed by atoms with Crippen LogP contribution in [0, 0.1) is 0 Å². The maximum atomic E-state index is 12.1. The van der Waals surface area contributed by atoms with Crippen molar-refractivity contribution in [3.05, 3.63) is 52.5 Å². The summed E-state index contributed by atoms with van der Waals surface area (Å²) in [5, 5.41) is 29.5. The van der Waals surface area contributed by atoms with Gasteiger partial charge in [0.25, 0.3) is 0 Å². The number of fused-ring (bicyclic) bond motifs is 1. The molecule has 0 fully saturated rings. The minimum atomic E-state index is -1.14. The first-order valence-electron chi connectivity index (χ1n) is 8.36. The molecule has 0 aromatic heterocycles. The van der Waals surface area contributed by atoms with Crippen LogP contribution in [0.4, 0.5) is 0 Å². The van der Waals surface area contributed by atoms with E-state index in [0.29, 0.717) is 0 Å². The lowest BCUT2D eigenvalue weighted by atomic mass is 10.1. The van der Waals surface area contributed by atoms with Crippen LogP contribution in [0.1, 0.15) is 8.22 Å². The maximum Gasteiger partial charge on any atom is 0.197 e. The number of phenols is 2. The summed E-state index contributed by atoms with van der Waals surface area (Å²) in [6.45, 7) is 0. The molecule has 1 aliphatic heterocycles. The van der Waals surface area contributed by atoms with E-state index in [1.165, 1.54) is 0 Å². The van der Waals surface area contributed by atoms with Crippen LogP contribution in [0.5, 0.6) is 17.2 Å². The molecule has 1 aliphatic carbocycles. The average Bonchev–Trinajstić information content (AvgIpc) is 2.61. The van der Waals surface area contributed by atoms with E-state index in [9.17, 15) is 20.1 Å². The molecule has 1 aromatic carbocycles. The molecule has 100 valence electrons. The number of phenolic OH excluding ortho intramolecular Hbond substituents is 2. The van der Waals surface area contributed by atoms with Crippen molar-refractivity contribution >= 4 is 0 Å². The molecule has 0 atom stereocenters. The fraction of sp³-hybridized carbons (Fsp3) is 0. The monoisotopic (exact) mass is 276 g/mol. The first-order chi connectivity index (χ1) is 12.1. The summed E-state index contributed by atoms with van der Waals surface area (Å²) in [5.74, 6) is -3.81. The van der Waals surface area contributed by atoms with Crippen LogP contribution in [-0.2, 0) is 0 Å². The Bertz CT molecular complexity index is 1110. The molecular weight excluding hydrogens is 260 g/mol. The Morgan fingerprint density at radius 1 is 0.950 bits per heavy atom. The van der Waals surface area contributed by atoms with Crippen molar-refractivity contribution < 1.29 is 28.0 Å². The highest BCUT2D eigenvalue weighted by Gasteiger charge is 2.17. The van der Waals surface area contributed by atoms with E-state index in [-0.39, 0.29) is 5.56 Å². The van der Waals surface area contributed by atoms with Crippen LogP contribution < -0.4 is 5.43 Å². The fourth-order valence-electron chi connectivity index (χ4n) is 1.65. The number of rotatable bonds is 1. The first-order valence-corrected chi connectivity index (χ1v) is 5.36. The molecule has 0 amide bonds. The van der Waals surface area contributed by atoms with E-state index in [4.69, 9.17) is 12.6 Å². The summed E-state index contributed by atoms with van der Waals surface area (Å²) in [5.41, 5.74) is -2.09. The molecule has 1 heterocycles. The van der Waals surface area contributed by atoms with E-state index in [1.807, 2.05) is 0 Å². The summed E-state index contributed by atoms with van der Waals surface area (Å²) in [4.78, 5) is 12.1. The van der Waals surface area contributed by atoms with E-state index in [0.717, 1.165) is 6.07 Å². The second-order valence-corrected chi connectivity index (χ2v) is 3.84. The van der Waals surface area contributed by atoms with Crippen molar-refractivity contribution in [3.63, 3.8) is 0 Å². The van der Waals surface area contributed by atoms with Crippen molar-refractivity contribution in [1.29, 1.82) is 0 Å². The van der Waals surface area contributed by atoms with Crippen molar-refractivity contribution in [2.45, 2.75) is 0 Å². The lowest BCUT2D eigenvalue weighted by molar-refractivity contribution is 0.457. The SMILES string of the molecule is [2H]c1cc(-c2oc3c([2H])c(O)c([2H])c(=O)c-3c(O)c2[2H])c([2H])c([2H])c1O. The molecule has 2 aliphatic rings. The zero-order valence-electron chi connectivity index (χ0n) is 15.7. The van der Waals surface area contributed by atoms with Crippen LogP contribution in [0.15, 0.2) is 51.5 Å². The first kappa shape index (κ1) is 7.00. The number of aromatic hydroxyl groups is 3. The van der Waals surface area contributed by atoms with E-state index < -0.39 is 76.0 Å². The fourth-order valence-corrected chi connectivity index (χ4v) is 1.65. The Labute approximate surface area is 121 Å². The maximum absolute atomic E-state index is 12.1. The number of hydrogen-bond donors (Lipinski definition) is 3. The van der Waals surface area contributed by atoms with Gasteiger partial charge in [0.1, 0.15) is 34.3 Å². The topological polar surface area (TPSA) is 90.9 Å². The number of benzene rings is 2. The van der Waals surface area contributed by atoms with E-state index in [2.05, 4.69) is 0 Å². The molecule has 0 radical (unpaired) electrons. The molecule has 0 spiro atoms. The van der Waals surface area contributed by atoms with Gasteiger partial charge in [0.2, 0.25) is 0 Å². The Kier molecular flexibility index (Phi) is 1.51. The van der Waals surface area contributed by atoms with Gasteiger partial charge in [0, 0.05) is 23.7 Å². The molecule has 0 unspecified atom stereocenters. The molecule has 5 heteroatoms. The second-order valence-electron chi connectivity index (χ2n) is 3.84. The van der Waals surface area contributed by atoms with Gasteiger partial charge >= 0.3 is 0 Å². The second kappa shape index (κ2) is 4.31. The molecule has 5 nitrogen and oxygen atoms in total. The average molecular weight is 276 g/mol. The van der Waals surface area contributed by atoms with Crippen LogP contribution in [0.2, 0.25) is 0 Å². The molecule has 1 aromatic rings. The Morgan fingerprint density at radius 2 is 1.75 bits per heavy atom. The van der Waals surface area contributed by atoms with Crippen molar-refractivity contribution in [1.82, 2.24) is 0 Å². The molecule has 20 heavy (non-hydrogen) atoms. The Hall–Kier alpha value is -2.95. The molecule has 3 N–H and O–H groups in total. The van der Waals surface area contributed by atoms with Gasteiger partial charge in [-0.05, 0) is 24.2 Å². The van der Waals surface area contributed by atoms with Gasteiger partial charge in [-0.25, -0.2) is 0 Å². The van der Waals surface area contributed by atoms with Gasteiger partial charge < -0.3 is 19.7 Å². The summed E-state index contributed by atoms with van der Waals surface area (Å²) in [6, 6.07) is -3.40. The van der Waals surface area contributed by atoms with Crippen LogP contribution in [-0.4, -0.2) is 15.3 Å². The summed E-state index contributed by atoms with van der Waals surface area (Å²) < 4.78 is 51.6. The smallest absolute Gasteiger partial charge is 0.197 e. The van der Waals surface area contributed by atoms with Gasteiger partial charge in [0.15, 0.2) is 5.43 Å². The van der Waals surface area contributed by atoms with Crippen LogP contribution in [0.3, 0.4) is 0 Å². The van der Waals surface area contributed by atoms with Crippen LogP contribution >= 0.6 is 0 Å². The Balaban J connectivity index is 2.51. The largest absolute Gasteiger partial charge is 0.508 e. The predicted molar refractivity (Wildman–Crippen MR) is 72.0 cm³/mol. The van der Waals surface area contributed by atoms with Crippen molar-refractivity contribution in [2.24, 2.45) is 0 Å². The highest BCUT2D eigenvalue weighted by Crippen LogP contribution is 2.35.